The number of benzene rings is 2. The van der Waals surface area contributed by atoms with Gasteiger partial charge in [0.05, 0.1) is 0 Å². The highest BCUT2D eigenvalue weighted by Gasteiger charge is 2.57. The Labute approximate surface area is 358 Å². The number of rotatable bonds is 17. The molecule has 20 nitrogen and oxygen atoms in total. The maximum absolute atomic E-state index is 13.6. The van der Waals surface area contributed by atoms with Crippen molar-refractivity contribution >= 4 is 66.3 Å². The lowest BCUT2D eigenvalue weighted by atomic mass is 9.95. The van der Waals surface area contributed by atoms with Crippen molar-refractivity contribution < 1.29 is 85.7 Å². The van der Waals surface area contributed by atoms with Crippen LogP contribution in [0.4, 0.5) is 4.79 Å². The van der Waals surface area contributed by atoms with Gasteiger partial charge in [-0.05, 0) is 24.7 Å². The number of hydrogen-bond acceptors (Lipinski definition) is 18. The van der Waals surface area contributed by atoms with Crippen LogP contribution < -0.4 is 21.2 Å². The zero-order chi connectivity index (χ0) is 45.5. The minimum atomic E-state index is -1.85. The molecule has 0 spiro atoms. The summed E-state index contributed by atoms with van der Waals surface area (Å²) in [6, 6.07) is 18.8. The number of nitrogens with one attached hydrogen (secondary N) is 2. The number of amides is 2. The summed E-state index contributed by atoms with van der Waals surface area (Å²) in [5.74, 6) is -6.09. The Morgan fingerprint density at radius 3 is 1.40 bits per heavy atom. The van der Waals surface area contributed by atoms with Crippen molar-refractivity contribution in [2.75, 3.05) is 25.9 Å². The lowest BCUT2D eigenvalue weighted by molar-refractivity contribution is -0.345. The van der Waals surface area contributed by atoms with Crippen LogP contribution in [0.3, 0.4) is 0 Å². The van der Waals surface area contributed by atoms with Gasteiger partial charge < -0.3 is 58.0 Å². The molecular formula is C41H51N2O18P. The van der Waals surface area contributed by atoms with Gasteiger partial charge in [0.2, 0.25) is 0 Å². The highest BCUT2D eigenvalue weighted by molar-refractivity contribution is 7.73. The molecule has 62 heavy (non-hydrogen) atoms. The Kier molecular flexibility index (Phi) is 18.6. The van der Waals surface area contributed by atoms with E-state index in [0.29, 0.717) is 6.16 Å². The van der Waals surface area contributed by atoms with Crippen molar-refractivity contribution in [1.29, 1.82) is 0 Å². The van der Waals surface area contributed by atoms with Crippen LogP contribution in [-0.4, -0.2) is 135 Å². The van der Waals surface area contributed by atoms with Crippen LogP contribution >= 0.6 is 7.92 Å². The second-order valence-corrected chi connectivity index (χ2v) is 16.3. The highest BCUT2D eigenvalue weighted by atomic mass is 31.1. The summed E-state index contributed by atoms with van der Waals surface area (Å²) in [6.45, 7) is 6.36. The summed E-state index contributed by atoms with van der Waals surface area (Å²) in [7, 11) is -0.892. The van der Waals surface area contributed by atoms with Crippen LogP contribution in [-0.2, 0) is 80.9 Å². The summed E-state index contributed by atoms with van der Waals surface area (Å²) < 4.78 is 56.8. The molecule has 338 valence electrons. The molecule has 0 bridgehead atoms. The van der Waals surface area contributed by atoms with Crippen LogP contribution in [0, 0.1) is 0 Å². The summed E-state index contributed by atoms with van der Waals surface area (Å²) in [5, 5.41) is 7.58. The fraction of sp³-hybridized carbons (Fsp3) is 0.512. The molecule has 2 heterocycles. The van der Waals surface area contributed by atoms with E-state index in [4.69, 9.17) is 47.4 Å². The van der Waals surface area contributed by atoms with E-state index >= 15 is 0 Å². The predicted molar refractivity (Wildman–Crippen MR) is 214 cm³/mol. The number of ether oxygens (including phenoxy) is 10. The molecule has 0 aliphatic carbocycles. The first kappa shape index (κ1) is 49.0. The lowest BCUT2D eigenvalue weighted by Gasteiger charge is -2.48. The van der Waals surface area contributed by atoms with Crippen LogP contribution in [0.1, 0.15) is 48.5 Å². The standard InChI is InChI=1S/C41H51N2O18P/c1-22(44)52-20-31-34(61-40-38(58-28(7)50)36(56-26(5)48)33(54-24(3)46)32(60-40)21-53-23(2)45)35(55-25(4)47)37(57-27(6)49)39(59-31)43-41(51)42-18-19-62(29-14-10-8-11-15-29)30-16-12-9-13-17-30/h8-17,31-40H,18-21H2,1-7H3,(H2,42,43,51)/t31-,32-,33-,34-,35+,36+,37-,38-,39-,40+/m1/s1. The molecule has 21 heteroatoms. The quantitative estimate of drug-likeness (QED) is 0.128. The Morgan fingerprint density at radius 1 is 0.516 bits per heavy atom. The smallest absolute Gasteiger partial charge is 0.316 e. The maximum Gasteiger partial charge on any atom is 0.316 e. The molecule has 2 aliphatic rings. The topological polar surface area (TPSA) is 253 Å². The first-order valence-electron chi connectivity index (χ1n) is 19.4. The van der Waals surface area contributed by atoms with E-state index < -0.39 is 130 Å². The Bertz CT molecular complexity index is 1850. The normalized spacial score (nSPS) is 25.5. The molecule has 10 atom stereocenters. The lowest BCUT2D eigenvalue weighted by Crippen LogP contribution is -2.69. The summed E-state index contributed by atoms with van der Waals surface area (Å²) in [6.07, 6.45) is -15.8. The van der Waals surface area contributed by atoms with Crippen molar-refractivity contribution in [3.8, 4) is 0 Å². The first-order valence-corrected chi connectivity index (χ1v) is 21.0. The molecule has 2 aliphatic heterocycles. The molecule has 2 saturated heterocycles. The molecule has 2 fully saturated rings. The third-order valence-corrected chi connectivity index (χ3v) is 11.5. The van der Waals surface area contributed by atoms with Crippen molar-refractivity contribution in [2.45, 2.75) is 110 Å². The van der Waals surface area contributed by atoms with Gasteiger partial charge in [-0.2, -0.15) is 0 Å². The average molecular weight is 891 g/mol. The molecule has 2 amide bonds. The maximum atomic E-state index is 13.6. The van der Waals surface area contributed by atoms with Gasteiger partial charge in [0, 0.05) is 55.0 Å². The average Bonchev–Trinajstić information content (AvgIpc) is 3.19. The van der Waals surface area contributed by atoms with E-state index in [-0.39, 0.29) is 6.54 Å². The SMILES string of the molecule is CC(=O)OC[C@H]1O[C@@H](NC(=O)NCCP(c2ccccc2)c2ccccc2)[C@H](OC(C)=O)[C@@H](OC(C)=O)[C@@H]1O[C@@H]1O[C@H](COC(C)=O)[C@@H](OC(C)=O)[C@H](OC(C)=O)[C@H]1OC(C)=O. The largest absolute Gasteiger partial charge is 0.463 e. The predicted octanol–water partition coefficient (Wildman–Crippen LogP) is 1.04. The monoisotopic (exact) mass is 890 g/mol. The minimum Gasteiger partial charge on any atom is -0.463 e. The van der Waals surface area contributed by atoms with Gasteiger partial charge >= 0.3 is 47.8 Å². The third kappa shape index (κ3) is 14.7. The van der Waals surface area contributed by atoms with E-state index in [1.54, 1.807) is 0 Å². The van der Waals surface area contributed by atoms with Gasteiger partial charge in [0.15, 0.2) is 43.0 Å². The molecule has 0 saturated carbocycles. The van der Waals surface area contributed by atoms with Crippen molar-refractivity contribution in [3.05, 3.63) is 60.7 Å². The van der Waals surface area contributed by atoms with Crippen molar-refractivity contribution in [3.63, 3.8) is 0 Å². The van der Waals surface area contributed by atoms with Gasteiger partial charge in [-0.1, -0.05) is 60.7 Å². The van der Waals surface area contributed by atoms with Crippen molar-refractivity contribution in [2.24, 2.45) is 0 Å². The number of carbonyl (C=O) groups is 8. The molecule has 0 radical (unpaired) electrons. The summed E-state index contributed by atoms with van der Waals surface area (Å²) in [5.41, 5.74) is 0. The minimum absolute atomic E-state index is 0.186. The Hall–Kier alpha value is -5.69. The highest BCUT2D eigenvalue weighted by Crippen LogP contribution is 2.36. The molecule has 4 rings (SSSR count). The third-order valence-electron chi connectivity index (χ3n) is 8.96. The molecule has 2 aromatic carbocycles. The number of esters is 7. The molecule has 0 aromatic heterocycles. The van der Waals surface area contributed by atoms with Crippen molar-refractivity contribution in [1.82, 2.24) is 10.6 Å². The molecule has 2 aromatic rings. The summed E-state index contributed by atoms with van der Waals surface area (Å²) in [4.78, 5) is 100. The van der Waals surface area contributed by atoms with E-state index in [1.165, 1.54) is 0 Å². The summed E-state index contributed by atoms with van der Waals surface area (Å²) >= 11 is 0. The van der Waals surface area contributed by atoms with E-state index in [9.17, 15) is 38.4 Å². The molecule has 2 N–H and O–H groups in total. The van der Waals surface area contributed by atoms with Gasteiger partial charge in [-0.25, -0.2) is 4.79 Å². The van der Waals surface area contributed by atoms with E-state index in [0.717, 1.165) is 59.1 Å². The Morgan fingerprint density at radius 2 is 0.935 bits per heavy atom. The zero-order valence-corrected chi connectivity index (χ0v) is 36.1. The van der Waals surface area contributed by atoms with Gasteiger partial charge in [-0.3, -0.25) is 33.6 Å². The molecular weight excluding hydrogens is 839 g/mol. The van der Waals surface area contributed by atoms with Crippen LogP contribution in [0.2, 0.25) is 0 Å². The second kappa shape index (κ2) is 23.5. The van der Waals surface area contributed by atoms with Gasteiger partial charge in [0.1, 0.15) is 31.5 Å². The van der Waals surface area contributed by atoms with Crippen LogP contribution in [0.5, 0.6) is 0 Å². The fourth-order valence-corrected chi connectivity index (χ4v) is 8.93. The number of hydrogen-bond donors (Lipinski definition) is 2. The second-order valence-electron chi connectivity index (χ2n) is 13.9. The van der Waals surface area contributed by atoms with Gasteiger partial charge in [0.25, 0.3) is 0 Å². The van der Waals surface area contributed by atoms with E-state index in [2.05, 4.69) is 10.6 Å². The fourth-order valence-electron chi connectivity index (χ4n) is 6.71. The number of urea groups is 1. The zero-order valence-electron chi connectivity index (χ0n) is 35.2. The van der Waals surface area contributed by atoms with Gasteiger partial charge in [-0.15, -0.1) is 0 Å². The Balaban J connectivity index is 1.69. The molecule has 0 unspecified atom stereocenters. The first-order chi connectivity index (χ1) is 29.4. The van der Waals surface area contributed by atoms with Crippen LogP contribution in [0.25, 0.3) is 0 Å². The van der Waals surface area contributed by atoms with Crippen LogP contribution in [0.15, 0.2) is 60.7 Å². The van der Waals surface area contributed by atoms with E-state index in [1.807, 2.05) is 60.7 Å². The number of carbonyl (C=O) groups excluding carboxylic acids is 8.